The zero-order chi connectivity index (χ0) is 12.2. The summed E-state index contributed by atoms with van der Waals surface area (Å²) >= 11 is 0. The molecule has 1 unspecified atom stereocenters. The molecule has 3 heteroatoms. The molecule has 0 aliphatic heterocycles. The molecule has 1 rings (SSSR count). The first kappa shape index (κ1) is 13.3. The van der Waals surface area contributed by atoms with Crippen LogP contribution >= 0.6 is 0 Å². The van der Waals surface area contributed by atoms with Gasteiger partial charge in [-0.25, -0.2) is 0 Å². The van der Waals surface area contributed by atoms with E-state index < -0.39 is 0 Å². The average Bonchev–Trinajstić information content (AvgIpc) is 2.69. The van der Waals surface area contributed by atoms with Crippen LogP contribution in [0.2, 0.25) is 0 Å². The van der Waals surface area contributed by atoms with E-state index in [2.05, 4.69) is 19.2 Å². The Morgan fingerprint density at radius 3 is 2.62 bits per heavy atom. The summed E-state index contributed by atoms with van der Waals surface area (Å²) in [5.41, 5.74) is 1.02. The minimum atomic E-state index is -0.288. The highest BCUT2D eigenvalue weighted by Gasteiger charge is 2.29. The van der Waals surface area contributed by atoms with E-state index in [1.54, 1.807) is 12.5 Å². The molecule has 0 aliphatic carbocycles. The molecule has 1 heterocycles. The van der Waals surface area contributed by atoms with Crippen molar-refractivity contribution < 1.29 is 9.52 Å². The Balaban J connectivity index is 2.36. The lowest BCUT2D eigenvalue weighted by molar-refractivity contribution is 0.0134. The van der Waals surface area contributed by atoms with Crippen LogP contribution in [0.15, 0.2) is 23.0 Å². The maximum absolute atomic E-state index is 10.1. The molecule has 1 atom stereocenters. The van der Waals surface area contributed by atoms with E-state index in [4.69, 9.17) is 4.42 Å². The smallest absolute Gasteiger partial charge is 0.0947 e. The number of hydrogen-bond acceptors (Lipinski definition) is 3. The summed E-state index contributed by atoms with van der Waals surface area (Å²) in [5, 5.41) is 13.4. The molecule has 1 aromatic rings. The maximum atomic E-state index is 10.1. The molecule has 16 heavy (non-hydrogen) atoms. The van der Waals surface area contributed by atoms with Crippen LogP contribution in [-0.2, 0) is 6.54 Å². The van der Waals surface area contributed by atoms with Crippen molar-refractivity contribution in [3.63, 3.8) is 0 Å². The molecule has 3 nitrogen and oxygen atoms in total. The molecular formula is C13H23NO2. The van der Waals surface area contributed by atoms with Crippen LogP contribution in [0.4, 0.5) is 0 Å². The van der Waals surface area contributed by atoms with Crippen LogP contribution in [0, 0.1) is 11.3 Å². The highest BCUT2D eigenvalue weighted by Crippen LogP contribution is 2.25. The van der Waals surface area contributed by atoms with Crippen LogP contribution in [0.1, 0.15) is 33.3 Å². The summed E-state index contributed by atoms with van der Waals surface area (Å²) in [7, 11) is 0. The van der Waals surface area contributed by atoms with Gasteiger partial charge in [-0.2, -0.15) is 0 Å². The first-order valence-electron chi connectivity index (χ1n) is 5.83. The van der Waals surface area contributed by atoms with E-state index in [1.807, 2.05) is 19.9 Å². The summed E-state index contributed by atoms with van der Waals surface area (Å²) in [5.74, 6) is 0.283. The number of nitrogens with one attached hydrogen (secondary N) is 1. The molecule has 0 aromatic carbocycles. The number of aliphatic hydroxyl groups excluding tert-OH is 1. The molecule has 0 aliphatic rings. The Hall–Kier alpha value is -0.800. The van der Waals surface area contributed by atoms with Crippen LogP contribution < -0.4 is 5.32 Å². The fourth-order valence-corrected chi connectivity index (χ4v) is 1.93. The summed E-state index contributed by atoms with van der Waals surface area (Å²) in [6.45, 7) is 9.83. The first-order valence-corrected chi connectivity index (χ1v) is 5.83. The number of rotatable bonds is 6. The number of aliphatic hydroxyl groups is 1. The molecule has 92 valence electrons. The van der Waals surface area contributed by atoms with Gasteiger partial charge in [-0.3, -0.25) is 0 Å². The molecule has 0 radical (unpaired) electrons. The molecule has 0 amide bonds. The SMILES string of the molecule is CC(C)C(O)C(C)(C)CNCc1ccoc1. The van der Waals surface area contributed by atoms with Crippen LogP contribution in [0.3, 0.4) is 0 Å². The minimum absolute atomic E-state index is 0.113. The molecule has 0 fully saturated rings. The van der Waals surface area contributed by atoms with E-state index in [0.29, 0.717) is 0 Å². The highest BCUT2D eigenvalue weighted by molar-refractivity contribution is 5.04. The third kappa shape index (κ3) is 3.65. The van der Waals surface area contributed by atoms with Crippen molar-refractivity contribution in [3.8, 4) is 0 Å². The molecule has 0 bridgehead atoms. The van der Waals surface area contributed by atoms with Gasteiger partial charge >= 0.3 is 0 Å². The second-order valence-corrected chi connectivity index (χ2v) is 5.41. The van der Waals surface area contributed by atoms with Crippen molar-refractivity contribution in [2.75, 3.05) is 6.54 Å². The normalized spacial score (nSPS) is 14.4. The second kappa shape index (κ2) is 5.51. The summed E-state index contributed by atoms with van der Waals surface area (Å²) in [6, 6.07) is 1.94. The Morgan fingerprint density at radius 2 is 2.12 bits per heavy atom. The van der Waals surface area contributed by atoms with Gasteiger partial charge in [0.2, 0.25) is 0 Å². The minimum Gasteiger partial charge on any atom is -0.472 e. The monoisotopic (exact) mass is 225 g/mol. The van der Waals surface area contributed by atoms with Crippen molar-refractivity contribution >= 4 is 0 Å². The Labute approximate surface area is 97.9 Å². The lowest BCUT2D eigenvalue weighted by atomic mass is 9.81. The molecule has 0 spiro atoms. The van der Waals surface area contributed by atoms with E-state index in [9.17, 15) is 5.11 Å². The number of hydrogen-bond donors (Lipinski definition) is 2. The zero-order valence-electron chi connectivity index (χ0n) is 10.7. The largest absolute Gasteiger partial charge is 0.472 e. The molecule has 0 saturated carbocycles. The van der Waals surface area contributed by atoms with Crippen molar-refractivity contribution in [1.82, 2.24) is 5.32 Å². The quantitative estimate of drug-likeness (QED) is 0.781. The van der Waals surface area contributed by atoms with Gasteiger partial charge in [-0.15, -0.1) is 0 Å². The topological polar surface area (TPSA) is 45.4 Å². The van der Waals surface area contributed by atoms with E-state index in [1.165, 1.54) is 0 Å². The Kier molecular flexibility index (Phi) is 4.56. The zero-order valence-corrected chi connectivity index (χ0v) is 10.7. The summed E-state index contributed by atoms with van der Waals surface area (Å²) in [6.07, 6.45) is 3.12. The van der Waals surface area contributed by atoms with Gasteiger partial charge < -0.3 is 14.8 Å². The summed E-state index contributed by atoms with van der Waals surface area (Å²) in [4.78, 5) is 0. The van der Waals surface area contributed by atoms with Gasteiger partial charge in [0.25, 0.3) is 0 Å². The fourth-order valence-electron chi connectivity index (χ4n) is 1.93. The van der Waals surface area contributed by atoms with Gasteiger partial charge in [-0.1, -0.05) is 27.7 Å². The van der Waals surface area contributed by atoms with E-state index in [0.717, 1.165) is 18.7 Å². The van der Waals surface area contributed by atoms with E-state index >= 15 is 0 Å². The third-order valence-electron chi connectivity index (χ3n) is 2.92. The van der Waals surface area contributed by atoms with E-state index in [-0.39, 0.29) is 17.4 Å². The van der Waals surface area contributed by atoms with Gasteiger partial charge in [-0.05, 0) is 12.0 Å². The lowest BCUT2D eigenvalue weighted by Gasteiger charge is -2.33. The first-order chi connectivity index (χ1) is 7.43. The highest BCUT2D eigenvalue weighted by atomic mass is 16.3. The van der Waals surface area contributed by atoms with Crippen molar-refractivity contribution in [1.29, 1.82) is 0 Å². The maximum Gasteiger partial charge on any atom is 0.0947 e. The summed E-state index contributed by atoms with van der Waals surface area (Å²) < 4.78 is 4.99. The number of furan rings is 1. The molecular weight excluding hydrogens is 202 g/mol. The van der Waals surface area contributed by atoms with Gasteiger partial charge in [0.1, 0.15) is 0 Å². The second-order valence-electron chi connectivity index (χ2n) is 5.41. The predicted octanol–water partition coefficient (Wildman–Crippen LogP) is 2.41. The lowest BCUT2D eigenvalue weighted by Crippen LogP contribution is -2.41. The standard InChI is InChI=1S/C13H23NO2/c1-10(2)12(15)13(3,4)9-14-7-11-5-6-16-8-11/h5-6,8,10,12,14-15H,7,9H2,1-4H3. The Morgan fingerprint density at radius 1 is 1.44 bits per heavy atom. The molecule has 0 saturated heterocycles. The van der Waals surface area contributed by atoms with Crippen molar-refractivity contribution in [2.45, 2.75) is 40.3 Å². The van der Waals surface area contributed by atoms with Gasteiger partial charge in [0.05, 0.1) is 18.6 Å². The average molecular weight is 225 g/mol. The fraction of sp³-hybridized carbons (Fsp3) is 0.692. The van der Waals surface area contributed by atoms with Crippen molar-refractivity contribution in [2.24, 2.45) is 11.3 Å². The molecule has 2 N–H and O–H groups in total. The third-order valence-corrected chi connectivity index (χ3v) is 2.92. The van der Waals surface area contributed by atoms with Gasteiger partial charge in [0, 0.05) is 24.1 Å². The van der Waals surface area contributed by atoms with Crippen LogP contribution in [-0.4, -0.2) is 17.8 Å². The predicted molar refractivity (Wildman–Crippen MR) is 65.0 cm³/mol. The molecule has 1 aromatic heterocycles. The van der Waals surface area contributed by atoms with Crippen molar-refractivity contribution in [3.05, 3.63) is 24.2 Å². The van der Waals surface area contributed by atoms with Gasteiger partial charge in [0.15, 0.2) is 0 Å². The van der Waals surface area contributed by atoms with Crippen LogP contribution in [0.25, 0.3) is 0 Å². The van der Waals surface area contributed by atoms with Crippen LogP contribution in [0.5, 0.6) is 0 Å². The Bertz CT molecular complexity index is 291.